The van der Waals surface area contributed by atoms with Crippen LogP contribution in [0.3, 0.4) is 0 Å². The van der Waals surface area contributed by atoms with Gasteiger partial charge in [0, 0.05) is 6.42 Å². The highest BCUT2D eigenvalue weighted by Gasteiger charge is 2.47. The molecule has 0 aliphatic carbocycles. The number of nitrogens with one attached hydrogen (secondary N) is 1. The normalized spacial score (nSPS) is 19.9. The summed E-state index contributed by atoms with van der Waals surface area (Å²) in [7, 11) is 0. The van der Waals surface area contributed by atoms with Crippen LogP contribution in [0.2, 0.25) is 0 Å². The van der Waals surface area contributed by atoms with Crippen molar-refractivity contribution in [2.24, 2.45) is 0 Å². The molecule has 1 saturated heterocycles. The van der Waals surface area contributed by atoms with E-state index in [1.165, 1.54) is 128 Å². The molecule has 11 heteroatoms. The van der Waals surface area contributed by atoms with Crippen LogP contribution in [-0.4, -0.2) is 99.6 Å². The van der Waals surface area contributed by atoms with Crippen molar-refractivity contribution >= 4 is 11.9 Å². The number of hydrogen-bond acceptors (Lipinski definition) is 10. The smallest absolute Gasteiger partial charge is 0.306 e. The third-order valence-electron chi connectivity index (χ3n) is 13.8. The van der Waals surface area contributed by atoms with Gasteiger partial charge in [0.1, 0.15) is 24.4 Å². The maximum atomic E-state index is 13.4. The Morgan fingerprint density at radius 2 is 1.01 bits per heavy atom. The molecule has 0 aromatic heterocycles. The minimum atomic E-state index is -1.61. The average molecular weight is 1000 g/mol. The molecule has 1 rings (SSSR count). The lowest BCUT2D eigenvalue weighted by Crippen LogP contribution is -2.61. The van der Waals surface area contributed by atoms with Crippen LogP contribution in [0.25, 0.3) is 0 Å². The highest BCUT2D eigenvalue weighted by Crippen LogP contribution is 2.26. The van der Waals surface area contributed by atoms with Gasteiger partial charge in [-0.25, -0.2) is 0 Å². The third-order valence-corrected chi connectivity index (χ3v) is 13.8. The molecule has 71 heavy (non-hydrogen) atoms. The van der Waals surface area contributed by atoms with Gasteiger partial charge >= 0.3 is 5.97 Å². The summed E-state index contributed by atoms with van der Waals surface area (Å²) in [4.78, 5) is 26.5. The molecule has 1 amide bonds. The zero-order chi connectivity index (χ0) is 51.8. The van der Waals surface area contributed by atoms with Crippen LogP contribution in [0.15, 0.2) is 48.6 Å². The van der Waals surface area contributed by atoms with Crippen molar-refractivity contribution in [1.82, 2.24) is 5.32 Å². The SMILES string of the molecule is CC/C=C/C=C/C=C/CCCCCCCCC(O)C(=O)NC(COC1OC(CO)C(O)C(O)C1OC(=O)CCCCCCCCCCCCCCCCCCC)C(O)/C=C/CCCCCCCCCCC. The van der Waals surface area contributed by atoms with Gasteiger partial charge in [0.25, 0.3) is 0 Å². The lowest BCUT2D eigenvalue weighted by Gasteiger charge is -2.41. The second-order valence-corrected chi connectivity index (χ2v) is 20.4. The predicted molar refractivity (Wildman–Crippen MR) is 292 cm³/mol. The summed E-state index contributed by atoms with van der Waals surface area (Å²) >= 11 is 0. The molecule has 0 radical (unpaired) electrons. The minimum absolute atomic E-state index is 0.125. The van der Waals surface area contributed by atoms with Crippen molar-refractivity contribution < 1.29 is 49.3 Å². The van der Waals surface area contributed by atoms with Crippen LogP contribution < -0.4 is 5.32 Å². The first-order chi connectivity index (χ1) is 34.7. The zero-order valence-corrected chi connectivity index (χ0v) is 45.6. The van der Waals surface area contributed by atoms with Gasteiger partial charge in [-0.15, -0.1) is 0 Å². The number of aliphatic hydroxyl groups excluding tert-OH is 5. The average Bonchev–Trinajstić information content (AvgIpc) is 3.37. The molecule has 1 aliphatic rings. The molecular weight excluding hydrogens is 895 g/mol. The molecule has 8 unspecified atom stereocenters. The van der Waals surface area contributed by atoms with E-state index in [4.69, 9.17) is 14.2 Å². The van der Waals surface area contributed by atoms with E-state index in [-0.39, 0.29) is 19.4 Å². The Labute approximate surface area is 434 Å². The highest BCUT2D eigenvalue weighted by atomic mass is 16.7. The summed E-state index contributed by atoms with van der Waals surface area (Å²) in [6, 6.07) is -1.03. The molecule has 6 N–H and O–H groups in total. The lowest BCUT2D eigenvalue weighted by molar-refractivity contribution is -0.305. The number of allylic oxidation sites excluding steroid dienone is 7. The first-order valence-electron chi connectivity index (χ1n) is 29.4. The molecule has 0 saturated carbocycles. The summed E-state index contributed by atoms with van der Waals surface area (Å²) in [6.45, 7) is 5.65. The number of hydrogen-bond donors (Lipinski definition) is 6. The standard InChI is InChI=1S/C60H109NO10/c1-4-7-10-13-16-19-22-24-26-27-28-30-33-36-39-42-45-48-55(65)71-58-57(67)56(66)54(49-62)70-60(58)69-50-51(52(63)46-43-40-37-34-31-21-18-15-12-9-6-3)61-59(68)53(64)47-44-41-38-35-32-29-25-23-20-17-14-11-8-5-2/h8,11,14,17,20,23,43,46,51-54,56-58,60,62-64,66-67H,4-7,9-10,12-13,15-16,18-19,21-22,24-42,44-45,47-50H2,1-3H3,(H,61,68)/b11-8+,17-14+,23-20+,46-43+. The third kappa shape index (κ3) is 37.1. The van der Waals surface area contributed by atoms with Crippen LogP contribution >= 0.6 is 0 Å². The lowest BCUT2D eigenvalue weighted by atomic mass is 9.99. The summed E-state index contributed by atoms with van der Waals surface area (Å²) < 4.78 is 17.6. The first kappa shape index (κ1) is 66.6. The Hall–Kier alpha value is -2.38. The fourth-order valence-corrected chi connectivity index (χ4v) is 9.12. The van der Waals surface area contributed by atoms with E-state index in [9.17, 15) is 35.1 Å². The molecule has 414 valence electrons. The molecule has 11 nitrogen and oxygen atoms in total. The van der Waals surface area contributed by atoms with E-state index in [0.717, 1.165) is 83.5 Å². The van der Waals surface area contributed by atoms with Crippen molar-refractivity contribution in [3.63, 3.8) is 0 Å². The second-order valence-electron chi connectivity index (χ2n) is 20.4. The van der Waals surface area contributed by atoms with Gasteiger partial charge in [-0.05, 0) is 44.9 Å². The van der Waals surface area contributed by atoms with Crippen molar-refractivity contribution in [1.29, 1.82) is 0 Å². The Balaban J connectivity index is 2.69. The van der Waals surface area contributed by atoms with E-state index in [2.05, 4.69) is 50.4 Å². The number of carbonyl (C=O) groups excluding carboxylic acids is 2. The summed E-state index contributed by atoms with van der Waals surface area (Å²) in [5.74, 6) is -1.20. The maximum Gasteiger partial charge on any atom is 0.306 e. The molecule has 1 heterocycles. The van der Waals surface area contributed by atoms with E-state index >= 15 is 0 Å². The monoisotopic (exact) mass is 1000 g/mol. The van der Waals surface area contributed by atoms with Crippen LogP contribution in [0.1, 0.15) is 258 Å². The largest absolute Gasteiger partial charge is 0.454 e. The van der Waals surface area contributed by atoms with Gasteiger partial charge in [0.15, 0.2) is 12.4 Å². The fraction of sp³-hybridized carbons (Fsp3) is 0.833. The first-order valence-corrected chi connectivity index (χ1v) is 29.4. The van der Waals surface area contributed by atoms with Gasteiger partial charge in [-0.3, -0.25) is 9.59 Å². The number of aliphatic hydroxyl groups is 5. The molecule has 8 atom stereocenters. The Morgan fingerprint density at radius 1 is 0.563 bits per heavy atom. The molecule has 0 spiro atoms. The van der Waals surface area contributed by atoms with E-state index < -0.39 is 67.4 Å². The van der Waals surface area contributed by atoms with E-state index in [1.807, 2.05) is 18.2 Å². The number of rotatable bonds is 49. The number of ether oxygens (including phenoxy) is 3. The van der Waals surface area contributed by atoms with Crippen molar-refractivity contribution in [3.05, 3.63) is 48.6 Å². The fourth-order valence-electron chi connectivity index (χ4n) is 9.12. The number of carbonyl (C=O) groups is 2. The quantitative estimate of drug-likeness (QED) is 0.0149. The van der Waals surface area contributed by atoms with Crippen molar-refractivity contribution in [2.45, 2.75) is 307 Å². The Kier molecular flexibility index (Phi) is 45.6. The molecule has 0 aromatic carbocycles. The van der Waals surface area contributed by atoms with E-state index in [0.29, 0.717) is 12.8 Å². The van der Waals surface area contributed by atoms with Gasteiger partial charge in [-0.2, -0.15) is 0 Å². The Bertz CT molecular complexity index is 1340. The maximum absolute atomic E-state index is 13.4. The molecule has 0 bridgehead atoms. The zero-order valence-electron chi connectivity index (χ0n) is 45.6. The summed E-state index contributed by atoms with van der Waals surface area (Å²) in [6.07, 6.45) is 47.3. The van der Waals surface area contributed by atoms with Crippen LogP contribution in [-0.2, 0) is 23.8 Å². The van der Waals surface area contributed by atoms with E-state index in [1.54, 1.807) is 6.08 Å². The molecule has 1 fully saturated rings. The van der Waals surface area contributed by atoms with Crippen molar-refractivity contribution in [3.8, 4) is 0 Å². The number of unbranched alkanes of at least 4 members (excludes halogenated alkanes) is 31. The minimum Gasteiger partial charge on any atom is -0.454 e. The van der Waals surface area contributed by atoms with Gasteiger partial charge < -0.3 is 45.1 Å². The van der Waals surface area contributed by atoms with Gasteiger partial charge in [0.05, 0.1) is 25.4 Å². The Morgan fingerprint density at radius 3 is 1.51 bits per heavy atom. The number of esters is 1. The van der Waals surface area contributed by atoms with Crippen molar-refractivity contribution in [2.75, 3.05) is 13.2 Å². The van der Waals surface area contributed by atoms with Crippen LogP contribution in [0.5, 0.6) is 0 Å². The highest BCUT2D eigenvalue weighted by molar-refractivity contribution is 5.80. The van der Waals surface area contributed by atoms with Crippen LogP contribution in [0, 0.1) is 0 Å². The number of amides is 1. The van der Waals surface area contributed by atoms with Crippen LogP contribution in [0.4, 0.5) is 0 Å². The van der Waals surface area contributed by atoms with Gasteiger partial charge in [-0.1, -0.05) is 256 Å². The topological polar surface area (TPSA) is 175 Å². The van der Waals surface area contributed by atoms with Gasteiger partial charge in [0.2, 0.25) is 5.91 Å². The molecule has 0 aromatic rings. The predicted octanol–water partition coefficient (Wildman–Crippen LogP) is 13.3. The summed E-state index contributed by atoms with van der Waals surface area (Å²) in [5.41, 5.74) is 0. The second kappa shape index (κ2) is 48.6. The molecular formula is C60H109NO10. The molecule has 1 aliphatic heterocycles. The summed E-state index contributed by atoms with van der Waals surface area (Å²) in [5, 5.41) is 56.8.